The van der Waals surface area contributed by atoms with Crippen LogP contribution in [0.1, 0.15) is 13.8 Å². The molecular weight excluding hydrogens is 187 g/mol. The molecule has 0 saturated carbocycles. The molecule has 0 bridgehead atoms. The third-order valence-electron chi connectivity index (χ3n) is 3.12. The van der Waals surface area contributed by atoms with Crippen LogP contribution in [0.25, 0.3) is 0 Å². The Labute approximate surface area is 79.3 Å². The van der Waals surface area contributed by atoms with E-state index in [0.717, 1.165) is 6.54 Å². The van der Waals surface area contributed by atoms with Crippen molar-refractivity contribution in [3.05, 3.63) is 0 Å². The molecule has 0 aromatic carbocycles. The summed E-state index contributed by atoms with van der Waals surface area (Å²) in [6.45, 7) is 4.96. The molecule has 2 heterocycles. The summed E-state index contributed by atoms with van der Waals surface area (Å²) in [6.07, 6.45) is 0.168. The van der Waals surface area contributed by atoms with E-state index in [0.29, 0.717) is 6.04 Å². The molecule has 13 heavy (non-hydrogen) atoms. The van der Waals surface area contributed by atoms with Gasteiger partial charge in [-0.3, -0.25) is 4.57 Å². The Bertz CT molecular complexity index is 265. The van der Waals surface area contributed by atoms with E-state index < -0.39 is 7.44 Å². The van der Waals surface area contributed by atoms with E-state index in [1.54, 1.807) is 0 Å². The van der Waals surface area contributed by atoms with Crippen LogP contribution in [0.3, 0.4) is 0 Å². The highest BCUT2D eigenvalue weighted by molar-refractivity contribution is 7.60. The molecule has 2 aliphatic rings. The van der Waals surface area contributed by atoms with Crippen molar-refractivity contribution in [2.45, 2.75) is 31.8 Å². The Morgan fingerprint density at radius 2 is 1.92 bits per heavy atom. The first-order valence-electron chi connectivity index (χ1n) is 4.68. The molecule has 2 saturated heterocycles. The first kappa shape index (κ1) is 9.66. The lowest BCUT2D eigenvalue weighted by atomic mass is 10.3. The van der Waals surface area contributed by atoms with Gasteiger partial charge in [-0.25, -0.2) is 9.34 Å². The normalized spacial score (nSPS) is 52.8. The number of hydrogen-bond donors (Lipinski definition) is 0. The van der Waals surface area contributed by atoms with E-state index in [-0.39, 0.29) is 11.9 Å². The zero-order valence-corrected chi connectivity index (χ0v) is 9.49. The van der Waals surface area contributed by atoms with Crippen molar-refractivity contribution in [1.82, 2.24) is 9.34 Å². The Hall–Kier alpha value is 0.110. The fraction of sp³-hybridized carbons (Fsp3) is 1.00. The molecule has 76 valence electrons. The van der Waals surface area contributed by atoms with Crippen LogP contribution in [0.5, 0.6) is 0 Å². The fourth-order valence-electron chi connectivity index (χ4n) is 2.04. The van der Waals surface area contributed by atoms with Gasteiger partial charge in [-0.15, -0.1) is 0 Å². The minimum atomic E-state index is -2.38. The van der Waals surface area contributed by atoms with Crippen molar-refractivity contribution in [2.24, 2.45) is 0 Å². The number of hydrogen-bond acceptors (Lipinski definition) is 2. The van der Waals surface area contributed by atoms with Gasteiger partial charge in [0.1, 0.15) is 0 Å². The summed E-state index contributed by atoms with van der Waals surface area (Å²) in [6, 6.07) is 0.368. The van der Waals surface area contributed by atoms with Crippen LogP contribution in [0.2, 0.25) is 0 Å². The van der Waals surface area contributed by atoms with Gasteiger partial charge in [0.15, 0.2) is 5.85 Å². The fourth-order valence-corrected chi connectivity index (χ4v) is 5.28. The molecule has 4 nitrogen and oxygen atoms in total. The summed E-state index contributed by atoms with van der Waals surface area (Å²) in [5, 5.41) is 0. The van der Waals surface area contributed by atoms with Crippen molar-refractivity contribution in [3.63, 3.8) is 0 Å². The van der Waals surface area contributed by atoms with Crippen LogP contribution < -0.4 is 0 Å². The van der Waals surface area contributed by atoms with Gasteiger partial charge < -0.3 is 4.74 Å². The Morgan fingerprint density at radius 3 is 2.23 bits per heavy atom. The highest BCUT2D eigenvalue weighted by atomic mass is 31.2. The van der Waals surface area contributed by atoms with Crippen molar-refractivity contribution in [1.29, 1.82) is 0 Å². The predicted octanol–water partition coefficient (Wildman–Crippen LogP) is 1.19. The molecule has 0 spiro atoms. The van der Waals surface area contributed by atoms with Crippen LogP contribution in [0.15, 0.2) is 0 Å². The maximum atomic E-state index is 12.6. The van der Waals surface area contributed by atoms with Crippen molar-refractivity contribution < 1.29 is 9.30 Å². The first-order valence-corrected chi connectivity index (χ1v) is 6.36. The van der Waals surface area contributed by atoms with E-state index in [1.165, 1.54) is 0 Å². The second kappa shape index (κ2) is 2.80. The first-order chi connectivity index (χ1) is 5.98. The molecule has 0 N–H and O–H groups in total. The average molecular weight is 204 g/mol. The lowest BCUT2D eigenvalue weighted by Gasteiger charge is -2.24. The standard InChI is InChI=1S/C8H17N2O2P/c1-6-5-9(3)13(11,10(6)4)8-7(2)12-8/h6-8H,5H2,1-4H3/t6?,7-,8+,13?/m1/s1. The maximum absolute atomic E-state index is 12.6. The lowest BCUT2D eigenvalue weighted by Crippen LogP contribution is -2.22. The van der Waals surface area contributed by atoms with E-state index in [1.807, 2.05) is 30.4 Å². The smallest absolute Gasteiger partial charge is 0.246 e. The molecule has 2 rings (SSSR count). The van der Waals surface area contributed by atoms with E-state index in [4.69, 9.17) is 4.74 Å². The van der Waals surface area contributed by atoms with Crippen LogP contribution in [0, 0.1) is 0 Å². The zero-order valence-electron chi connectivity index (χ0n) is 8.60. The van der Waals surface area contributed by atoms with Crippen LogP contribution in [-0.2, 0) is 9.30 Å². The minimum absolute atomic E-state index is 0.0487. The van der Waals surface area contributed by atoms with Gasteiger partial charge in [0.25, 0.3) is 0 Å². The van der Waals surface area contributed by atoms with Gasteiger partial charge in [-0.1, -0.05) is 0 Å². The van der Waals surface area contributed by atoms with E-state index >= 15 is 0 Å². The Balaban J connectivity index is 2.25. The molecule has 2 fully saturated rings. The van der Waals surface area contributed by atoms with Gasteiger partial charge in [0.2, 0.25) is 7.44 Å². The Kier molecular flexibility index (Phi) is 2.08. The second-order valence-corrected chi connectivity index (χ2v) is 7.08. The van der Waals surface area contributed by atoms with Gasteiger partial charge in [-0.2, -0.15) is 0 Å². The molecule has 0 radical (unpaired) electrons. The summed E-state index contributed by atoms with van der Waals surface area (Å²) in [4.78, 5) is 0. The van der Waals surface area contributed by atoms with Crippen molar-refractivity contribution >= 4 is 7.44 Å². The number of rotatable bonds is 1. The third kappa shape index (κ3) is 1.20. The summed E-state index contributed by atoms with van der Waals surface area (Å²) in [5.41, 5.74) is 0. The largest absolute Gasteiger partial charge is 0.359 e. The second-order valence-electron chi connectivity index (χ2n) is 4.08. The molecule has 4 atom stereocenters. The summed E-state index contributed by atoms with van der Waals surface area (Å²) >= 11 is 0. The SMILES string of the molecule is CC1CN(C)P(=O)([C@@H]2O[C@@H]2C)N1C. The third-order valence-corrected chi connectivity index (χ3v) is 6.76. The van der Waals surface area contributed by atoms with Gasteiger partial charge in [0, 0.05) is 12.6 Å². The summed E-state index contributed by atoms with van der Waals surface area (Å²) in [7, 11) is 1.48. The van der Waals surface area contributed by atoms with E-state index in [2.05, 4.69) is 6.92 Å². The van der Waals surface area contributed by atoms with Crippen molar-refractivity contribution in [2.75, 3.05) is 20.6 Å². The lowest BCUT2D eigenvalue weighted by molar-refractivity contribution is 0.383. The minimum Gasteiger partial charge on any atom is -0.359 e. The number of epoxide rings is 1. The van der Waals surface area contributed by atoms with Crippen LogP contribution >= 0.6 is 7.44 Å². The molecule has 5 heteroatoms. The van der Waals surface area contributed by atoms with Crippen LogP contribution in [-0.4, -0.2) is 48.0 Å². The predicted molar refractivity (Wildman–Crippen MR) is 51.8 cm³/mol. The number of ether oxygens (including phenoxy) is 1. The highest BCUT2D eigenvalue weighted by Crippen LogP contribution is 2.66. The van der Waals surface area contributed by atoms with Gasteiger partial charge in [-0.05, 0) is 27.9 Å². The van der Waals surface area contributed by atoms with Crippen molar-refractivity contribution in [3.8, 4) is 0 Å². The molecule has 0 amide bonds. The zero-order chi connectivity index (χ0) is 9.80. The number of nitrogens with zero attached hydrogens (tertiary/aromatic N) is 2. The van der Waals surface area contributed by atoms with E-state index in [9.17, 15) is 4.57 Å². The monoisotopic (exact) mass is 204 g/mol. The molecule has 2 aliphatic heterocycles. The van der Waals surface area contributed by atoms with Crippen LogP contribution in [0.4, 0.5) is 0 Å². The number of likely N-dealkylation sites (N-methyl/N-ethyl adjacent to an activating group) is 2. The summed E-state index contributed by atoms with van der Waals surface area (Å²) < 4.78 is 21.9. The summed E-state index contributed by atoms with van der Waals surface area (Å²) in [5.74, 6) is -0.0487. The molecule has 2 unspecified atom stereocenters. The molecular formula is C8H17N2O2P. The topological polar surface area (TPSA) is 36.1 Å². The molecule has 0 aromatic rings. The average Bonchev–Trinajstić information content (AvgIpc) is 2.75. The highest BCUT2D eigenvalue weighted by Gasteiger charge is 2.58. The van der Waals surface area contributed by atoms with Gasteiger partial charge >= 0.3 is 0 Å². The maximum Gasteiger partial charge on any atom is 0.246 e. The molecule has 0 aliphatic carbocycles. The Morgan fingerprint density at radius 1 is 1.38 bits per heavy atom. The van der Waals surface area contributed by atoms with Gasteiger partial charge in [0.05, 0.1) is 6.10 Å². The molecule has 0 aromatic heterocycles. The quantitative estimate of drug-likeness (QED) is 0.475.